The van der Waals surface area contributed by atoms with E-state index in [1.54, 1.807) is 11.1 Å². The standard InChI is InChI=1S/2C11H16O.2C9H11.2CH3.H2Si.Zr/c2*1-8-5-6-10(12)9(7-8)11(2,3)4;2*1-2-5-9-7-3-6-8(9)4-1;;;;/h2*5-7,12H,1-4H3;2*3,6-7H,1-2,4-5H2;2*1H3;1H2;/q;;;;;;;+2/p-2. The number of hydrogen-bond acceptors (Lipinski definition) is 2. The number of aryl methyl sites for hydroxylation is 2. The van der Waals surface area contributed by atoms with Crippen LogP contribution < -0.4 is 5.63 Å². The summed E-state index contributed by atoms with van der Waals surface area (Å²) >= 11 is -6.31. The van der Waals surface area contributed by atoms with E-state index >= 15 is 0 Å². The SMILES string of the molecule is Cc1ccc([O][Zr]([CH3])([CH3])(=[SiH2])([O]c2ccc(C)cc2C(C)(C)C)([CH]2C=CC3=C2CCCC3)[CH]2C=CC3=C2CCCC3)c(C(C)(C)C)c1. The molecule has 4 aliphatic rings. The number of hydrogen-bond donors (Lipinski definition) is 0. The van der Waals surface area contributed by atoms with Crippen LogP contribution in [0.15, 0.2) is 83.0 Å². The molecule has 0 radical (unpaired) electrons. The van der Waals surface area contributed by atoms with Crippen LogP contribution in [0.1, 0.15) is 115 Å². The molecule has 2 unspecified atom stereocenters. The maximum absolute atomic E-state index is 8.46. The Labute approximate surface area is 277 Å². The van der Waals surface area contributed by atoms with Gasteiger partial charge in [-0.3, -0.25) is 0 Å². The number of allylic oxidation sites excluding steroid dienone is 8. The molecule has 0 saturated carbocycles. The van der Waals surface area contributed by atoms with Crippen LogP contribution in [0.5, 0.6) is 11.5 Å². The van der Waals surface area contributed by atoms with Crippen molar-refractivity contribution in [3.8, 4) is 11.5 Å². The van der Waals surface area contributed by atoms with E-state index in [-0.39, 0.29) is 18.1 Å². The second-order valence-electron chi connectivity index (χ2n) is 19.5. The first-order chi connectivity index (χ1) is 21.2. The molecule has 4 aliphatic carbocycles. The average molecular weight is 716 g/mol. The van der Waals surface area contributed by atoms with Gasteiger partial charge in [0.05, 0.1) is 0 Å². The summed E-state index contributed by atoms with van der Waals surface area (Å²) in [6, 6.07) is 13.8. The van der Waals surface area contributed by atoms with Gasteiger partial charge in [0, 0.05) is 0 Å². The summed E-state index contributed by atoms with van der Waals surface area (Å²) in [5, 5.41) is 0. The van der Waals surface area contributed by atoms with Crippen LogP contribution in [0.2, 0.25) is 16.5 Å². The van der Waals surface area contributed by atoms with Crippen molar-refractivity contribution < 1.29 is 20.9 Å². The Morgan fingerprint density at radius 3 is 1.35 bits per heavy atom. The molecule has 2 aromatic rings. The molecular weight excluding hydrogens is 656 g/mol. The Hall–Kier alpha value is -1.90. The van der Waals surface area contributed by atoms with Gasteiger partial charge in [-0.15, -0.1) is 0 Å². The van der Waals surface area contributed by atoms with Crippen LogP contribution in [0.4, 0.5) is 0 Å². The minimum absolute atomic E-state index is 0.0806. The molecule has 0 saturated heterocycles. The van der Waals surface area contributed by atoms with E-state index in [4.69, 9.17) is 5.63 Å². The van der Waals surface area contributed by atoms with Gasteiger partial charge in [0.25, 0.3) is 0 Å². The van der Waals surface area contributed by atoms with Gasteiger partial charge in [-0.1, -0.05) is 0 Å². The summed E-state index contributed by atoms with van der Waals surface area (Å²) in [7, 11) is 0. The Morgan fingerprint density at radius 2 is 0.978 bits per heavy atom. The van der Waals surface area contributed by atoms with E-state index in [0.717, 1.165) is 37.2 Å². The summed E-state index contributed by atoms with van der Waals surface area (Å²) in [5.74, 6) is 2.00. The normalized spacial score (nSPS) is 24.2. The summed E-state index contributed by atoms with van der Waals surface area (Å²) in [5.41, 5.74) is 11.1. The fraction of sp³-hybridized carbons (Fsp3) is 0.524. The van der Waals surface area contributed by atoms with Gasteiger partial charge >= 0.3 is 279 Å². The van der Waals surface area contributed by atoms with Crippen LogP contribution in [-0.4, -0.2) is 6.88 Å². The Morgan fingerprint density at radius 1 is 0.609 bits per heavy atom. The zero-order valence-corrected chi connectivity index (χ0v) is 34.5. The molecule has 2 nitrogen and oxygen atoms in total. The quantitative estimate of drug-likeness (QED) is 0.277. The third kappa shape index (κ3) is 5.28. The van der Waals surface area contributed by atoms with Crippen molar-refractivity contribution in [2.45, 2.75) is 134 Å². The predicted octanol–water partition coefficient (Wildman–Crippen LogP) is 12.0. The molecule has 46 heavy (non-hydrogen) atoms. The molecule has 0 heterocycles. The van der Waals surface area contributed by atoms with Gasteiger partial charge < -0.3 is 0 Å². The third-order valence-corrected chi connectivity index (χ3v) is 39.8. The van der Waals surface area contributed by atoms with Crippen LogP contribution in [0.3, 0.4) is 0 Å². The van der Waals surface area contributed by atoms with Crippen molar-refractivity contribution >= 4 is 6.88 Å². The molecule has 0 spiro atoms. The molecule has 0 aliphatic heterocycles. The fourth-order valence-corrected chi connectivity index (χ4v) is 37.1. The number of rotatable bonds is 6. The van der Waals surface area contributed by atoms with Crippen molar-refractivity contribution in [1.29, 1.82) is 0 Å². The second kappa shape index (κ2) is 10.1. The van der Waals surface area contributed by atoms with Gasteiger partial charge in [-0.25, -0.2) is 0 Å². The molecule has 6 rings (SSSR count). The van der Waals surface area contributed by atoms with E-state index in [1.165, 1.54) is 59.1 Å². The van der Waals surface area contributed by atoms with Crippen LogP contribution >= 0.6 is 0 Å². The molecule has 0 fully saturated rings. The molecule has 4 heteroatoms. The van der Waals surface area contributed by atoms with Gasteiger partial charge in [-0.05, 0) is 0 Å². The molecule has 2 aromatic carbocycles. The van der Waals surface area contributed by atoms with Crippen molar-refractivity contribution in [2.75, 3.05) is 0 Å². The predicted molar refractivity (Wildman–Crippen MR) is 198 cm³/mol. The Kier molecular flexibility index (Phi) is 7.44. The summed E-state index contributed by atoms with van der Waals surface area (Å²) in [6.45, 7) is 20.6. The topological polar surface area (TPSA) is 18.5 Å². The first-order valence-electron chi connectivity index (χ1n) is 18.1. The Balaban J connectivity index is 1.78. The summed E-state index contributed by atoms with van der Waals surface area (Å²) < 4.78 is 22.2. The van der Waals surface area contributed by atoms with Crippen molar-refractivity contribution in [3.05, 3.63) is 105 Å². The monoisotopic (exact) mass is 714 g/mol. The van der Waals surface area contributed by atoms with Gasteiger partial charge in [0.15, 0.2) is 0 Å². The fourth-order valence-electron chi connectivity index (χ4n) is 9.92. The van der Waals surface area contributed by atoms with E-state index < -0.39 is 15.3 Å². The molecular formula is C42H60O2SiZr. The molecule has 0 N–H and O–H groups in total. The maximum atomic E-state index is 8.46. The van der Waals surface area contributed by atoms with E-state index in [9.17, 15) is 0 Å². The third-order valence-electron chi connectivity index (χ3n) is 12.4. The molecule has 2 atom stereocenters. The summed E-state index contributed by atoms with van der Waals surface area (Å²) in [4.78, 5) is 0. The number of benzene rings is 2. The molecule has 248 valence electrons. The van der Waals surface area contributed by atoms with E-state index in [1.807, 2.05) is 0 Å². The van der Waals surface area contributed by atoms with Gasteiger partial charge in [-0.2, -0.15) is 0 Å². The van der Waals surface area contributed by atoms with Crippen LogP contribution in [-0.2, 0) is 26.1 Å². The first kappa shape index (κ1) is 34.0. The zero-order chi connectivity index (χ0) is 33.4. The zero-order valence-electron chi connectivity index (χ0n) is 30.6. The van der Waals surface area contributed by atoms with Crippen LogP contribution in [0.25, 0.3) is 0 Å². The second-order valence-corrected chi connectivity index (χ2v) is 62.8. The van der Waals surface area contributed by atoms with Crippen molar-refractivity contribution in [3.63, 3.8) is 0 Å². The van der Waals surface area contributed by atoms with E-state index in [2.05, 4.69) is 132 Å². The molecule has 0 amide bonds. The van der Waals surface area contributed by atoms with Crippen molar-refractivity contribution in [2.24, 2.45) is 0 Å². The average Bonchev–Trinajstić information content (AvgIpc) is 3.61. The molecule has 0 aromatic heterocycles. The minimum atomic E-state index is -6.31. The molecule has 0 bridgehead atoms. The summed E-state index contributed by atoms with van der Waals surface area (Å²) in [6.07, 6.45) is 19.6. The van der Waals surface area contributed by atoms with Crippen molar-refractivity contribution in [1.82, 2.24) is 0 Å². The van der Waals surface area contributed by atoms with Gasteiger partial charge in [0.1, 0.15) is 0 Å². The Bertz CT molecular complexity index is 1740. The van der Waals surface area contributed by atoms with Gasteiger partial charge in [0.2, 0.25) is 0 Å². The van der Waals surface area contributed by atoms with E-state index in [0.29, 0.717) is 0 Å². The van der Waals surface area contributed by atoms with Crippen LogP contribution in [0, 0.1) is 13.8 Å². The first-order valence-corrected chi connectivity index (χ1v) is 33.8.